The Morgan fingerprint density at radius 1 is 1.19 bits per heavy atom. The third-order valence-electron chi connectivity index (χ3n) is 2.78. The monoisotopic (exact) mass is 356 g/mol. The molecule has 0 unspecified atom stereocenters. The fraction of sp³-hybridized carbons (Fsp3) is 0.133. The summed E-state index contributed by atoms with van der Waals surface area (Å²) < 4.78 is 33.5. The van der Waals surface area contributed by atoms with Crippen LogP contribution in [0.25, 0.3) is 0 Å². The third-order valence-corrected chi connectivity index (χ3v) is 3.44. The van der Waals surface area contributed by atoms with Crippen LogP contribution >= 0.6 is 15.9 Å². The number of hydrogen-bond acceptors (Lipinski definition) is 2. The van der Waals surface area contributed by atoms with Crippen molar-refractivity contribution in [2.24, 2.45) is 0 Å². The van der Waals surface area contributed by atoms with Crippen LogP contribution in [0.15, 0.2) is 53.0 Å². The number of ether oxygens (including phenoxy) is 1. The van der Waals surface area contributed by atoms with Gasteiger partial charge >= 0.3 is 11.9 Å². The first-order chi connectivity index (χ1) is 9.90. The third kappa shape index (κ3) is 3.78. The Morgan fingerprint density at radius 3 is 2.48 bits per heavy atom. The lowest BCUT2D eigenvalue weighted by atomic mass is 10.1. The molecule has 0 bridgehead atoms. The van der Waals surface area contributed by atoms with Crippen LogP contribution in [0.3, 0.4) is 0 Å². The van der Waals surface area contributed by atoms with Gasteiger partial charge in [-0.15, -0.1) is 0 Å². The van der Waals surface area contributed by atoms with Gasteiger partial charge in [-0.1, -0.05) is 30.3 Å². The first kappa shape index (κ1) is 15.4. The second-order valence-electron chi connectivity index (χ2n) is 4.31. The zero-order valence-electron chi connectivity index (χ0n) is 10.7. The molecule has 6 heteroatoms. The average Bonchev–Trinajstić information content (AvgIpc) is 2.47. The molecular weight excluding hydrogens is 346 g/mol. The first-order valence-electron chi connectivity index (χ1n) is 5.99. The SMILES string of the molecule is O=C(O)c1ccc(Br)c(OCC(F)(F)c2ccccc2)c1. The molecule has 0 saturated carbocycles. The summed E-state index contributed by atoms with van der Waals surface area (Å²) in [5.74, 6) is -4.26. The van der Waals surface area contributed by atoms with Gasteiger partial charge in [0.15, 0.2) is 6.61 Å². The lowest BCUT2D eigenvalue weighted by Crippen LogP contribution is -2.23. The molecular formula is C15H11BrF2O3. The molecule has 0 saturated heterocycles. The van der Waals surface area contributed by atoms with E-state index < -0.39 is 18.5 Å². The van der Waals surface area contributed by atoms with E-state index in [1.54, 1.807) is 6.07 Å². The normalized spacial score (nSPS) is 11.2. The summed E-state index contributed by atoms with van der Waals surface area (Å²) >= 11 is 3.14. The highest BCUT2D eigenvalue weighted by Gasteiger charge is 2.32. The fourth-order valence-electron chi connectivity index (χ4n) is 1.68. The van der Waals surface area contributed by atoms with Crippen molar-refractivity contribution in [3.8, 4) is 5.75 Å². The zero-order valence-corrected chi connectivity index (χ0v) is 12.3. The topological polar surface area (TPSA) is 46.5 Å². The Bertz CT molecular complexity index is 645. The molecule has 0 aliphatic heterocycles. The number of carboxylic acids is 1. The number of rotatable bonds is 5. The molecule has 21 heavy (non-hydrogen) atoms. The van der Waals surface area contributed by atoms with Crippen molar-refractivity contribution < 1.29 is 23.4 Å². The lowest BCUT2D eigenvalue weighted by Gasteiger charge is -2.18. The number of hydrogen-bond donors (Lipinski definition) is 1. The molecule has 110 valence electrons. The smallest absolute Gasteiger partial charge is 0.335 e. The van der Waals surface area contributed by atoms with Gasteiger partial charge in [0.05, 0.1) is 10.0 Å². The van der Waals surface area contributed by atoms with Gasteiger partial charge in [0.25, 0.3) is 0 Å². The summed E-state index contributed by atoms with van der Waals surface area (Å²) in [6.45, 7) is -0.876. The van der Waals surface area contributed by atoms with Crippen LogP contribution in [-0.2, 0) is 5.92 Å². The quantitative estimate of drug-likeness (QED) is 0.867. The van der Waals surface area contributed by atoms with Gasteiger partial charge in [0, 0.05) is 5.56 Å². The number of benzene rings is 2. The molecule has 0 fully saturated rings. The highest BCUT2D eigenvalue weighted by atomic mass is 79.9. The molecule has 1 N–H and O–H groups in total. The Kier molecular flexibility index (Phi) is 4.57. The molecule has 0 atom stereocenters. The van der Waals surface area contributed by atoms with Crippen LogP contribution in [0.5, 0.6) is 5.75 Å². The average molecular weight is 357 g/mol. The van der Waals surface area contributed by atoms with E-state index in [1.807, 2.05) is 0 Å². The largest absolute Gasteiger partial charge is 0.486 e. The predicted molar refractivity (Wildman–Crippen MR) is 76.9 cm³/mol. The lowest BCUT2D eigenvalue weighted by molar-refractivity contribution is -0.0469. The van der Waals surface area contributed by atoms with Crippen molar-refractivity contribution in [1.82, 2.24) is 0 Å². The Hall–Kier alpha value is -1.95. The van der Waals surface area contributed by atoms with Crippen molar-refractivity contribution in [3.63, 3.8) is 0 Å². The standard InChI is InChI=1S/C15H11BrF2O3/c16-12-7-6-10(14(19)20)8-13(12)21-9-15(17,18)11-4-2-1-3-5-11/h1-8H,9H2,(H,19,20). The van der Waals surface area contributed by atoms with E-state index in [-0.39, 0.29) is 16.9 Å². The number of carbonyl (C=O) groups is 1. The van der Waals surface area contributed by atoms with Crippen LogP contribution in [0.2, 0.25) is 0 Å². The van der Waals surface area contributed by atoms with Gasteiger partial charge in [-0.2, -0.15) is 8.78 Å². The van der Waals surface area contributed by atoms with Gasteiger partial charge in [-0.25, -0.2) is 4.79 Å². The van der Waals surface area contributed by atoms with Gasteiger partial charge in [0.2, 0.25) is 0 Å². The molecule has 0 heterocycles. The second-order valence-corrected chi connectivity index (χ2v) is 5.16. The van der Waals surface area contributed by atoms with E-state index in [0.717, 1.165) is 0 Å². The van der Waals surface area contributed by atoms with E-state index in [2.05, 4.69) is 15.9 Å². The Morgan fingerprint density at radius 2 is 1.86 bits per heavy atom. The Balaban J connectivity index is 2.16. The van der Waals surface area contributed by atoms with E-state index >= 15 is 0 Å². The molecule has 0 aliphatic rings. The highest BCUT2D eigenvalue weighted by molar-refractivity contribution is 9.10. The predicted octanol–water partition coefficient (Wildman–Crippen LogP) is 4.32. The van der Waals surface area contributed by atoms with Crippen LogP contribution in [0, 0.1) is 0 Å². The molecule has 0 spiro atoms. The van der Waals surface area contributed by atoms with Crippen molar-refractivity contribution in [3.05, 3.63) is 64.1 Å². The maximum atomic E-state index is 14.0. The molecule has 3 nitrogen and oxygen atoms in total. The molecule has 0 radical (unpaired) electrons. The van der Waals surface area contributed by atoms with Crippen LogP contribution in [0.4, 0.5) is 8.78 Å². The maximum Gasteiger partial charge on any atom is 0.335 e. The maximum absolute atomic E-state index is 14.0. The Labute approximate surface area is 128 Å². The number of halogens is 3. The van der Waals surface area contributed by atoms with E-state index in [1.165, 1.54) is 42.5 Å². The molecule has 2 rings (SSSR count). The molecule has 2 aromatic rings. The van der Waals surface area contributed by atoms with Gasteiger partial charge in [-0.3, -0.25) is 0 Å². The minimum atomic E-state index is -3.17. The van der Waals surface area contributed by atoms with Crippen molar-refractivity contribution in [2.45, 2.75) is 5.92 Å². The van der Waals surface area contributed by atoms with Crippen LogP contribution < -0.4 is 4.74 Å². The van der Waals surface area contributed by atoms with Crippen LogP contribution in [0.1, 0.15) is 15.9 Å². The van der Waals surface area contributed by atoms with Gasteiger partial charge in [-0.05, 0) is 34.1 Å². The molecule has 2 aromatic carbocycles. The number of aromatic carboxylic acids is 1. The molecule has 0 amide bonds. The summed E-state index contributed by atoms with van der Waals surface area (Å²) in [5.41, 5.74) is -0.188. The van der Waals surface area contributed by atoms with Gasteiger partial charge in [0.1, 0.15) is 5.75 Å². The number of carboxylic acid groups (broad SMARTS) is 1. The summed E-state index contributed by atoms with van der Waals surface area (Å²) in [6.07, 6.45) is 0. The summed E-state index contributed by atoms with van der Waals surface area (Å²) in [4.78, 5) is 10.9. The zero-order chi connectivity index (χ0) is 15.5. The highest BCUT2D eigenvalue weighted by Crippen LogP contribution is 2.31. The first-order valence-corrected chi connectivity index (χ1v) is 6.78. The van der Waals surface area contributed by atoms with E-state index in [9.17, 15) is 13.6 Å². The fourth-order valence-corrected chi connectivity index (χ4v) is 2.04. The second kappa shape index (κ2) is 6.22. The minimum absolute atomic E-state index is 0.0313. The van der Waals surface area contributed by atoms with Crippen molar-refractivity contribution in [1.29, 1.82) is 0 Å². The number of alkyl halides is 2. The minimum Gasteiger partial charge on any atom is -0.486 e. The molecule has 0 aliphatic carbocycles. The van der Waals surface area contributed by atoms with Gasteiger partial charge < -0.3 is 9.84 Å². The summed E-state index contributed by atoms with van der Waals surface area (Å²) in [5, 5.41) is 8.89. The van der Waals surface area contributed by atoms with Crippen molar-refractivity contribution in [2.75, 3.05) is 6.61 Å². The summed E-state index contributed by atoms with van der Waals surface area (Å²) in [7, 11) is 0. The molecule has 0 aromatic heterocycles. The van der Waals surface area contributed by atoms with Crippen LogP contribution in [-0.4, -0.2) is 17.7 Å². The summed E-state index contributed by atoms with van der Waals surface area (Å²) in [6, 6.07) is 11.3. The van der Waals surface area contributed by atoms with E-state index in [0.29, 0.717) is 4.47 Å². The van der Waals surface area contributed by atoms with Crippen molar-refractivity contribution >= 4 is 21.9 Å². The van der Waals surface area contributed by atoms with E-state index in [4.69, 9.17) is 9.84 Å².